The Morgan fingerprint density at radius 3 is 2.94 bits per heavy atom. The predicted octanol–water partition coefficient (Wildman–Crippen LogP) is 0.186. The molecule has 2 heterocycles. The largest absolute Gasteiger partial charge is 0.377 e. The van der Waals surface area contributed by atoms with Crippen molar-refractivity contribution in [3.63, 3.8) is 0 Å². The molecule has 1 aliphatic heterocycles. The summed E-state index contributed by atoms with van der Waals surface area (Å²) in [6.07, 6.45) is 3.42. The van der Waals surface area contributed by atoms with Crippen LogP contribution in [0.4, 0.5) is 0 Å². The van der Waals surface area contributed by atoms with Gasteiger partial charge in [-0.1, -0.05) is 0 Å². The second kappa shape index (κ2) is 4.75. The van der Waals surface area contributed by atoms with Crippen molar-refractivity contribution in [2.75, 3.05) is 13.2 Å². The first-order valence-electron chi connectivity index (χ1n) is 5.60. The van der Waals surface area contributed by atoms with Gasteiger partial charge in [0, 0.05) is 26.4 Å². The molecule has 1 atom stereocenters. The molecule has 0 spiro atoms. The highest BCUT2D eigenvalue weighted by Crippen LogP contribution is 2.14. The van der Waals surface area contributed by atoms with E-state index in [4.69, 9.17) is 4.74 Å². The number of hydrogen-bond donors (Lipinski definition) is 1. The molecule has 0 aromatic carbocycles. The number of aromatic nitrogens is 2. The van der Waals surface area contributed by atoms with E-state index in [1.54, 1.807) is 14.0 Å². The summed E-state index contributed by atoms with van der Waals surface area (Å²) < 4.78 is 33.4. The van der Waals surface area contributed by atoms with E-state index in [0.717, 1.165) is 19.4 Å². The van der Waals surface area contributed by atoms with Gasteiger partial charge in [-0.3, -0.25) is 4.68 Å². The number of aryl methyl sites for hydroxylation is 2. The quantitative estimate of drug-likeness (QED) is 0.837. The highest BCUT2D eigenvalue weighted by atomic mass is 32.2. The predicted molar refractivity (Wildman–Crippen MR) is 62.1 cm³/mol. The number of sulfonamides is 1. The zero-order chi connectivity index (χ0) is 12.5. The van der Waals surface area contributed by atoms with Crippen molar-refractivity contribution >= 4 is 10.0 Å². The van der Waals surface area contributed by atoms with Crippen LogP contribution in [0.15, 0.2) is 11.1 Å². The van der Waals surface area contributed by atoms with Crippen LogP contribution in [-0.4, -0.2) is 37.5 Å². The average Bonchev–Trinajstić information content (AvgIpc) is 2.85. The Morgan fingerprint density at radius 1 is 1.65 bits per heavy atom. The molecule has 0 amide bonds. The third-order valence-corrected chi connectivity index (χ3v) is 4.31. The Morgan fingerprint density at radius 2 is 2.41 bits per heavy atom. The minimum Gasteiger partial charge on any atom is -0.377 e. The average molecular weight is 259 g/mol. The van der Waals surface area contributed by atoms with Gasteiger partial charge < -0.3 is 4.74 Å². The van der Waals surface area contributed by atoms with Gasteiger partial charge in [-0.05, 0) is 19.8 Å². The fourth-order valence-corrected chi connectivity index (χ4v) is 3.21. The lowest BCUT2D eigenvalue weighted by Crippen LogP contribution is -2.32. The van der Waals surface area contributed by atoms with Crippen molar-refractivity contribution in [1.82, 2.24) is 14.5 Å². The Balaban J connectivity index is 2.05. The fraction of sp³-hybridized carbons (Fsp3) is 0.700. The Labute approximate surface area is 101 Å². The van der Waals surface area contributed by atoms with Crippen molar-refractivity contribution in [1.29, 1.82) is 0 Å². The first-order valence-corrected chi connectivity index (χ1v) is 7.09. The summed E-state index contributed by atoms with van der Waals surface area (Å²) >= 11 is 0. The van der Waals surface area contributed by atoms with Crippen LogP contribution < -0.4 is 4.72 Å². The second-order valence-corrected chi connectivity index (χ2v) is 5.97. The van der Waals surface area contributed by atoms with Gasteiger partial charge in [-0.15, -0.1) is 0 Å². The van der Waals surface area contributed by atoms with E-state index in [-0.39, 0.29) is 11.0 Å². The van der Waals surface area contributed by atoms with Gasteiger partial charge in [-0.25, -0.2) is 13.1 Å². The van der Waals surface area contributed by atoms with Crippen LogP contribution >= 0.6 is 0 Å². The van der Waals surface area contributed by atoms with E-state index in [9.17, 15) is 8.42 Å². The monoisotopic (exact) mass is 259 g/mol. The van der Waals surface area contributed by atoms with Crippen LogP contribution in [0.1, 0.15) is 18.5 Å². The molecule has 0 bridgehead atoms. The second-order valence-electron chi connectivity index (χ2n) is 4.24. The molecule has 96 valence electrons. The molecule has 2 rings (SSSR count). The number of nitrogens with zero attached hydrogens (tertiary/aromatic N) is 2. The normalized spacial score (nSPS) is 20.9. The molecule has 0 saturated carbocycles. The summed E-state index contributed by atoms with van der Waals surface area (Å²) in [6.45, 7) is 2.73. The summed E-state index contributed by atoms with van der Waals surface area (Å²) in [5.74, 6) is 0. The SMILES string of the molecule is Cc1nn(C)cc1S(=O)(=O)NCC1CCCO1. The maximum absolute atomic E-state index is 12.0. The molecule has 6 nitrogen and oxygen atoms in total. The van der Waals surface area contributed by atoms with E-state index >= 15 is 0 Å². The maximum atomic E-state index is 12.0. The molecule has 1 saturated heterocycles. The molecule has 7 heteroatoms. The van der Waals surface area contributed by atoms with Crippen molar-refractivity contribution < 1.29 is 13.2 Å². The molecule has 1 N–H and O–H groups in total. The van der Waals surface area contributed by atoms with E-state index in [1.165, 1.54) is 10.9 Å². The summed E-state index contributed by atoms with van der Waals surface area (Å²) in [5.41, 5.74) is 0.507. The zero-order valence-corrected chi connectivity index (χ0v) is 10.8. The summed E-state index contributed by atoms with van der Waals surface area (Å²) in [4.78, 5) is 0.234. The van der Waals surface area contributed by atoms with Crippen LogP contribution in [0.3, 0.4) is 0 Å². The molecule has 0 radical (unpaired) electrons. The lowest BCUT2D eigenvalue weighted by Gasteiger charge is -2.10. The van der Waals surface area contributed by atoms with Crippen molar-refractivity contribution in [2.45, 2.75) is 30.8 Å². The standard InChI is InChI=1S/C10H17N3O3S/c1-8-10(7-13(2)12-8)17(14,15)11-6-9-4-3-5-16-9/h7,9,11H,3-6H2,1-2H3. The lowest BCUT2D eigenvalue weighted by molar-refractivity contribution is 0.114. The van der Waals surface area contributed by atoms with Gasteiger partial charge in [0.1, 0.15) is 4.90 Å². The third kappa shape index (κ3) is 2.85. The summed E-state index contributed by atoms with van der Waals surface area (Å²) in [6, 6.07) is 0. The van der Waals surface area contributed by atoms with E-state index < -0.39 is 10.0 Å². The van der Waals surface area contributed by atoms with Crippen LogP contribution in [-0.2, 0) is 21.8 Å². The highest BCUT2D eigenvalue weighted by molar-refractivity contribution is 7.89. The number of hydrogen-bond acceptors (Lipinski definition) is 4. The van der Waals surface area contributed by atoms with Gasteiger partial charge >= 0.3 is 0 Å². The van der Waals surface area contributed by atoms with Crippen LogP contribution in [0.5, 0.6) is 0 Å². The Bertz CT molecular complexity index is 489. The maximum Gasteiger partial charge on any atom is 0.244 e. The topological polar surface area (TPSA) is 73.2 Å². The lowest BCUT2D eigenvalue weighted by atomic mass is 10.2. The molecule has 1 unspecified atom stereocenters. The molecule has 1 fully saturated rings. The molecule has 1 aliphatic rings. The number of ether oxygens (including phenoxy) is 1. The van der Waals surface area contributed by atoms with Gasteiger partial charge in [0.05, 0.1) is 11.8 Å². The van der Waals surface area contributed by atoms with Crippen molar-refractivity contribution in [3.05, 3.63) is 11.9 Å². The molecule has 1 aromatic heterocycles. The van der Waals surface area contributed by atoms with Gasteiger partial charge in [-0.2, -0.15) is 5.10 Å². The van der Waals surface area contributed by atoms with Crippen LogP contribution in [0, 0.1) is 6.92 Å². The van der Waals surface area contributed by atoms with Gasteiger partial charge in [0.15, 0.2) is 0 Å². The smallest absolute Gasteiger partial charge is 0.244 e. The molecule has 17 heavy (non-hydrogen) atoms. The number of rotatable bonds is 4. The first-order chi connectivity index (χ1) is 7.99. The van der Waals surface area contributed by atoms with Crippen LogP contribution in [0.25, 0.3) is 0 Å². The fourth-order valence-electron chi connectivity index (χ4n) is 1.93. The summed E-state index contributed by atoms with van der Waals surface area (Å²) in [7, 11) is -1.77. The van der Waals surface area contributed by atoms with Gasteiger partial charge in [0.25, 0.3) is 0 Å². The third-order valence-electron chi connectivity index (χ3n) is 2.78. The van der Waals surface area contributed by atoms with Crippen LogP contribution in [0.2, 0.25) is 0 Å². The van der Waals surface area contributed by atoms with E-state index in [2.05, 4.69) is 9.82 Å². The van der Waals surface area contributed by atoms with Crippen molar-refractivity contribution in [2.24, 2.45) is 7.05 Å². The van der Waals surface area contributed by atoms with Gasteiger partial charge in [0.2, 0.25) is 10.0 Å². The number of nitrogens with one attached hydrogen (secondary N) is 1. The Kier molecular flexibility index (Phi) is 3.50. The van der Waals surface area contributed by atoms with Crippen molar-refractivity contribution in [3.8, 4) is 0 Å². The molecule has 1 aromatic rings. The van der Waals surface area contributed by atoms with E-state index in [0.29, 0.717) is 12.2 Å². The molecular formula is C10H17N3O3S. The Hall–Kier alpha value is -0.920. The minimum atomic E-state index is -3.47. The summed E-state index contributed by atoms with van der Waals surface area (Å²) in [5, 5.41) is 4.02. The molecule has 0 aliphatic carbocycles. The first kappa shape index (κ1) is 12.5. The highest BCUT2D eigenvalue weighted by Gasteiger charge is 2.22. The zero-order valence-electron chi connectivity index (χ0n) is 10.0. The van der Waals surface area contributed by atoms with E-state index in [1.807, 2.05) is 0 Å². The minimum absolute atomic E-state index is 0.00162. The molecular weight excluding hydrogens is 242 g/mol.